The number of allylic oxidation sites excluding steroid dienone is 3. The molecule has 6 nitrogen and oxygen atoms in total. The maximum Gasteiger partial charge on any atom is 0.309 e. The molecule has 0 bridgehead atoms. The van der Waals surface area contributed by atoms with E-state index in [1.54, 1.807) is 0 Å². The number of Topliss-reactive ketones (excluding diaryl/α,β-unsaturated/α-hetero) is 1. The van der Waals surface area contributed by atoms with Crippen LogP contribution in [-0.4, -0.2) is 47.0 Å². The first-order chi connectivity index (χ1) is 19.0. The van der Waals surface area contributed by atoms with Crippen LogP contribution in [0.1, 0.15) is 106 Å². The number of hydrogen-bond donors (Lipinski definition) is 1. The SMILES string of the molecule is CC1(C)CC=CC(C)([C@]2(O)CC[C@@H]3C(=O)OC[C@@H]3C2)C1.CC1=CC(Cl)CC(C)(C)C1.O=C1CC[C@@H]2C(=O)OC[C@@H]2C1. The zero-order chi connectivity index (χ0) is 30.2. The van der Waals surface area contributed by atoms with E-state index in [2.05, 4.69) is 59.8 Å². The smallest absolute Gasteiger partial charge is 0.309 e. The van der Waals surface area contributed by atoms with Crippen molar-refractivity contribution in [2.24, 2.45) is 39.9 Å². The summed E-state index contributed by atoms with van der Waals surface area (Å²) in [6.07, 6.45) is 15.0. The van der Waals surface area contributed by atoms with Crippen LogP contribution in [0.3, 0.4) is 0 Å². The Kier molecular flexibility index (Phi) is 9.56. The lowest BCUT2D eigenvalue weighted by Gasteiger charge is -2.52. The Morgan fingerprint density at radius 3 is 2.15 bits per heavy atom. The summed E-state index contributed by atoms with van der Waals surface area (Å²) >= 11 is 6.02. The van der Waals surface area contributed by atoms with Crippen LogP contribution in [0, 0.1) is 39.9 Å². The monoisotopic (exact) mass is 590 g/mol. The standard InChI is InChI=1S/C17H26O3.C9H15Cl.C8H10O3/c1-15(2)6-4-7-16(3,11-15)17(19)8-5-13-12(9-17)10-20-14(13)18;1-7-4-8(10)6-9(2,3)5-7;9-6-1-2-7-5(3-6)4-11-8(7)10/h4,7,12-13,19H,5-6,8-11H2,1-3H3;4,8H,5-6H2,1-3H3;5,7H,1-4H2/t12-,13-,16?,17-;;5-,7-/m0.0/s1. The predicted molar refractivity (Wildman–Crippen MR) is 160 cm³/mol. The average Bonchev–Trinajstić information content (AvgIpc) is 3.38. The van der Waals surface area contributed by atoms with Crippen LogP contribution in [0.5, 0.6) is 0 Å². The molecule has 0 spiro atoms. The fourth-order valence-electron chi connectivity index (χ4n) is 8.34. The molecule has 2 saturated heterocycles. The second-order valence-electron chi connectivity index (χ2n) is 15.5. The van der Waals surface area contributed by atoms with Crippen molar-refractivity contribution in [3.63, 3.8) is 0 Å². The molecular weight excluding hydrogens is 540 g/mol. The van der Waals surface area contributed by atoms with Crippen LogP contribution < -0.4 is 0 Å². The summed E-state index contributed by atoms with van der Waals surface area (Å²) in [5, 5.41) is 11.6. The molecule has 2 unspecified atom stereocenters. The first-order valence-corrected chi connectivity index (χ1v) is 16.0. The summed E-state index contributed by atoms with van der Waals surface area (Å²) in [7, 11) is 0. The summed E-state index contributed by atoms with van der Waals surface area (Å²) in [4.78, 5) is 33.6. The second-order valence-corrected chi connectivity index (χ2v) is 16.0. The first-order valence-electron chi connectivity index (χ1n) is 15.6. The van der Waals surface area contributed by atoms with E-state index in [4.69, 9.17) is 21.1 Å². The molecule has 41 heavy (non-hydrogen) atoms. The van der Waals surface area contributed by atoms with Gasteiger partial charge in [0.25, 0.3) is 0 Å². The number of esters is 2. The molecule has 7 heteroatoms. The van der Waals surface area contributed by atoms with E-state index >= 15 is 0 Å². The number of halogens is 1. The maximum absolute atomic E-state index is 11.7. The van der Waals surface area contributed by atoms with Crippen molar-refractivity contribution in [1.29, 1.82) is 0 Å². The number of rotatable bonds is 1. The number of cyclic esters (lactones) is 2. The molecule has 6 rings (SSSR count). The van der Waals surface area contributed by atoms with Crippen LogP contribution in [0.2, 0.25) is 0 Å². The Hall–Kier alpha value is -1.66. The molecule has 0 aromatic rings. The minimum absolute atomic E-state index is 0.0273. The Morgan fingerprint density at radius 1 is 0.902 bits per heavy atom. The lowest BCUT2D eigenvalue weighted by Crippen LogP contribution is -2.53. The number of alkyl halides is 1. The molecule has 2 aliphatic heterocycles. The minimum atomic E-state index is -0.698. The molecule has 230 valence electrons. The molecule has 0 aromatic heterocycles. The highest BCUT2D eigenvalue weighted by Gasteiger charge is 2.55. The fourth-order valence-corrected chi connectivity index (χ4v) is 8.98. The zero-order valence-corrected chi connectivity index (χ0v) is 26.7. The summed E-state index contributed by atoms with van der Waals surface area (Å²) < 4.78 is 10.0. The third-order valence-corrected chi connectivity index (χ3v) is 10.6. The van der Waals surface area contributed by atoms with Crippen LogP contribution in [-0.2, 0) is 23.9 Å². The summed E-state index contributed by atoms with van der Waals surface area (Å²) in [5.74, 6) is 0.598. The van der Waals surface area contributed by atoms with Gasteiger partial charge in [-0.25, -0.2) is 0 Å². The fraction of sp³-hybridized carbons (Fsp3) is 0.794. The van der Waals surface area contributed by atoms with Gasteiger partial charge in [-0.15, -0.1) is 11.6 Å². The van der Waals surface area contributed by atoms with Crippen LogP contribution in [0.15, 0.2) is 23.8 Å². The van der Waals surface area contributed by atoms with Gasteiger partial charge in [-0.2, -0.15) is 0 Å². The van der Waals surface area contributed by atoms with E-state index in [1.807, 2.05) is 0 Å². The predicted octanol–water partition coefficient (Wildman–Crippen LogP) is 6.96. The Balaban J connectivity index is 0.000000156. The molecule has 7 atom stereocenters. The highest BCUT2D eigenvalue weighted by Crippen LogP contribution is 2.55. The molecule has 0 radical (unpaired) electrons. The van der Waals surface area contributed by atoms with Gasteiger partial charge in [0.15, 0.2) is 0 Å². The summed E-state index contributed by atoms with van der Waals surface area (Å²) in [5.41, 5.74) is 1.21. The van der Waals surface area contributed by atoms with Gasteiger partial charge in [0.05, 0.1) is 36.0 Å². The zero-order valence-electron chi connectivity index (χ0n) is 26.0. The third kappa shape index (κ3) is 7.65. The molecule has 6 aliphatic rings. The number of carbonyl (C=O) groups is 3. The number of carbonyl (C=O) groups excluding carboxylic acids is 3. The first kappa shape index (κ1) is 32.3. The Bertz CT molecular complexity index is 1080. The van der Waals surface area contributed by atoms with Gasteiger partial charge < -0.3 is 14.6 Å². The van der Waals surface area contributed by atoms with Crippen molar-refractivity contribution in [3.8, 4) is 0 Å². The van der Waals surface area contributed by atoms with Crippen molar-refractivity contribution in [2.45, 2.75) is 117 Å². The Morgan fingerprint density at radius 2 is 1.54 bits per heavy atom. The molecule has 1 N–H and O–H groups in total. The summed E-state index contributed by atoms with van der Waals surface area (Å²) in [6.45, 7) is 14.4. The van der Waals surface area contributed by atoms with Crippen molar-refractivity contribution < 1.29 is 29.0 Å². The van der Waals surface area contributed by atoms with Gasteiger partial charge in [-0.3, -0.25) is 14.4 Å². The maximum atomic E-state index is 11.7. The highest BCUT2D eigenvalue weighted by molar-refractivity contribution is 6.21. The molecule has 0 amide bonds. The molecule has 2 heterocycles. The minimum Gasteiger partial charge on any atom is -0.465 e. The van der Waals surface area contributed by atoms with Crippen molar-refractivity contribution in [3.05, 3.63) is 23.8 Å². The molecular formula is C34H51ClO6. The molecule has 2 saturated carbocycles. The van der Waals surface area contributed by atoms with Crippen molar-refractivity contribution in [1.82, 2.24) is 0 Å². The van der Waals surface area contributed by atoms with Gasteiger partial charge in [0.2, 0.25) is 0 Å². The van der Waals surface area contributed by atoms with Gasteiger partial charge in [-0.1, -0.05) is 58.4 Å². The van der Waals surface area contributed by atoms with Crippen molar-refractivity contribution in [2.75, 3.05) is 13.2 Å². The number of ketones is 1. The van der Waals surface area contributed by atoms with Crippen LogP contribution in [0.25, 0.3) is 0 Å². The van der Waals surface area contributed by atoms with Gasteiger partial charge in [0.1, 0.15) is 5.78 Å². The molecule has 0 aromatic carbocycles. The highest BCUT2D eigenvalue weighted by atomic mass is 35.5. The normalized spacial score (nSPS) is 40.4. The third-order valence-electron chi connectivity index (χ3n) is 10.4. The van der Waals surface area contributed by atoms with E-state index in [0.717, 1.165) is 25.7 Å². The second kappa shape index (κ2) is 12.1. The van der Waals surface area contributed by atoms with Crippen molar-refractivity contribution >= 4 is 29.3 Å². The number of fused-ring (bicyclic) bond motifs is 2. The number of hydrogen-bond acceptors (Lipinski definition) is 6. The quantitative estimate of drug-likeness (QED) is 0.202. The van der Waals surface area contributed by atoms with Gasteiger partial charge in [0, 0.05) is 30.1 Å². The van der Waals surface area contributed by atoms with E-state index in [0.29, 0.717) is 50.7 Å². The van der Waals surface area contributed by atoms with Gasteiger partial charge >= 0.3 is 11.9 Å². The number of aliphatic hydroxyl groups is 1. The van der Waals surface area contributed by atoms with Crippen LogP contribution >= 0.6 is 11.6 Å². The molecule has 4 fully saturated rings. The van der Waals surface area contributed by atoms with E-state index in [-0.39, 0.29) is 57.6 Å². The summed E-state index contributed by atoms with van der Waals surface area (Å²) in [6, 6.07) is 0. The van der Waals surface area contributed by atoms with E-state index < -0.39 is 5.60 Å². The topological polar surface area (TPSA) is 89.9 Å². The lowest BCUT2D eigenvalue weighted by molar-refractivity contribution is -0.144. The van der Waals surface area contributed by atoms with Crippen LogP contribution in [0.4, 0.5) is 0 Å². The van der Waals surface area contributed by atoms with E-state index in [9.17, 15) is 19.5 Å². The average molecular weight is 591 g/mol. The molecule has 4 aliphatic carbocycles. The number of ether oxygens (including phenoxy) is 2. The van der Waals surface area contributed by atoms with E-state index in [1.165, 1.54) is 12.0 Å². The van der Waals surface area contributed by atoms with Gasteiger partial charge in [-0.05, 0) is 69.1 Å². The lowest BCUT2D eigenvalue weighted by atomic mass is 9.55. The Labute approximate surface area is 251 Å². The largest absolute Gasteiger partial charge is 0.465 e.